The van der Waals surface area contributed by atoms with Crippen LogP contribution in [0.5, 0.6) is 0 Å². The number of rotatable bonds is 5. The van der Waals surface area contributed by atoms with Gasteiger partial charge in [0.15, 0.2) is 0 Å². The molecule has 0 aliphatic carbocycles. The molecule has 1 fully saturated rings. The van der Waals surface area contributed by atoms with E-state index in [4.69, 9.17) is 4.74 Å². The van der Waals surface area contributed by atoms with E-state index >= 15 is 0 Å². The predicted octanol–water partition coefficient (Wildman–Crippen LogP) is 0.943. The molecule has 0 atom stereocenters. The summed E-state index contributed by atoms with van der Waals surface area (Å²) in [5.41, 5.74) is -0.351. The van der Waals surface area contributed by atoms with Gasteiger partial charge in [0.25, 0.3) is 5.56 Å². The number of carbonyl (C=O) groups is 2. The largest absolute Gasteiger partial charge is 0.466 e. The number of ether oxygens (including phenoxy) is 1. The molecule has 8 nitrogen and oxygen atoms in total. The van der Waals surface area contributed by atoms with Gasteiger partial charge in [0, 0.05) is 26.1 Å². The van der Waals surface area contributed by atoms with Crippen LogP contribution in [0.4, 0.5) is 0 Å². The maximum Gasteiger partial charge on any atom is 0.328 e. The Hall–Kier alpha value is -2.42. The molecule has 3 rings (SSSR count). The fourth-order valence-corrected chi connectivity index (χ4v) is 3.96. The number of hydrogen-bond acceptors (Lipinski definition) is 6. The molecule has 3 heterocycles. The molecule has 0 aromatic carbocycles. The zero-order valence-electron chi connectivity index (χ0n) is 14.5. The van der Waals surface area contributed by atoms with Crippen molar-refractivity contribution in [1.29, 1.82) is 0 Å². The van der Waals surface area contributed by atoms with Gasteiger partial charge >= 0.3 is 11.7 Å². The topological polar surface area (TPSA) is 101 Å². The second-order valence-corrected chi connectivity index (χ2v) is 7.12. The lowest BCUT2D eigenvalue weighted by Gasteiger charge is -2.31. The number of amides is 1. The lowest BCUT2D eigenvalue weighted by Crippen LogP contribution is -2.42. The van der Waals surface area contributed by atoms with Crippen LogP contribution < -0.4 is 11.2 Å². The SMILES string of the molecule is CCOC(=O)C1CCN(C(=O)CCn2c(=O)[nH]c3ccsc3c2=O)CC1. The number of nitrogens with one attached hydrogen (secondary N) is 1. The van der Waals surface area contributed by atoms with E-state index in [1.807, 2.05) is 0 Å². The van der Waals surface area contributed by atoms with Gasteiger partial charge in [-0.2, -0.15) is 0 Å². The Morgan fingerprint density at radius 1 is 1.31 bits per heavy atom. The summed E-state index contributed by atoms with van der Waals surface area (Å²) in [5.74, 6) is -0.488. The Morgan fingerprint density at radius 3 is 2.73 bits per heavy atom. The van der Waals surface area contributed by atoms with Gasteiger partial charge in [0.05, 0.1) is 18.0 Å². The van der Waals surface area contributed by atoms with E-state index in [1.54, 1.807) is 23.3 Å². The molecular weight excluding hydrogens is 358 g/mol. The first kappa shape index (κ1) is 18.4. The van der Waals surface area contributed by atoms with Gasteiger partial charge in [-0.1, -0.05) is 0 Å². The first-order chi connectivity index (χ1) is 12.5. The van der Waals surface area contributed by atoms with E-state index < -0.39 is 5.69 Å². The molecule has 140 valence electrons. The third kappa shape index (κ3) is 3.72. The van der Waals surface area contributed by atoms with Crippen molar-refractivity contribution in [2.75, 3.05) is 19.7 Å². The lowest BCUT2D eigenvalue weighted by molar-refractivity contribution is -0.151. The standard InChI is InChI=1S/C17H21N3O5S/c1-2-25-16(23)11-3-7-19(8-4-11)13(21)5-9-20-15(22)14-12(6-10-26-14)18-17(20)24/h6,10-11H,2-5,7-9H2,1H3,(H,18,24). The molecule has 2 aromatic rings. The number of piperidine rings is 1. The van der Waals surface area contributed by atoms with E-state index in [0.29, 0.717) is 42.8 Å². The number of esters is 1. The highest BCUT2D eigenvalue weighted by atomic mass is 32.1. The van der Waals surface area contributed by atoms with Crippen LogP contribution in [0.1, 0.15) is 26.2 Å². The number of aromatic amines is 1. The molecule has 1 aliphatic rings. The van der Waals surface area contributed by atoms with Crippen LogP contribution in [0, 0.1) is 5.92 Å². The van der Waals surface area contributed by atoms with E-state index in [0.717, 1.165) is 4.57 Å². The van der Waals surface area contributed by atoms with Gasteiger partial charge in [-0.15, -0.1) is 11.3 Å². The zero-order valence-corrected chi connectivity index (χ0v) is 15.3. The lowest BCUT2D eigenvalue weighted by atomic mass is 9.97. The van der Waals surface area contributed by atoms with Crippen molar-refractivity contribution in [3.8, 4) is 0 Å². The van der Waals surface area contributed by atoms with Crippen molar-refractivity contribution in [2.45, 2.75) is 32.7 Å². The van der Waals surface area contributed by atoms with Crippen molar-refractivity contribution < 1.29 is 14.3 Å². The normalized spacial score (nSPS) is 15.3. The Bertz CT molecular complexity index is 920. The third-order valence-electron chi connectivity index (χ3n) is 4.61. The maximum atomic E-state index is 12.4. The fourth-order valence-electron chi connectivity index (χ4n) is 3.16. The van der Waals surface area contributed by atoms with E-state index in [2.05, 4.69) is 4.98 Å². The molecule has 1 N–H and O–H groups in total. The van der Waals surface area contributed by atoms with Crippen LogP contribution in [-0.2, 0) is 20.9 Å². The number of carbonyl (C=O) groups excluding carboxylic acids is 2. The Kier molecular flexibility index (Phi) is 5.55. The highest BCUT2D eigenvalue weighted by Crippen LogP contribution is 2.19. The highest BCUT2D eigenvalue weighted by molar-refractivity contribution is 7.17. The fraction of sp³-hybridized carbons (Fsp3) is 0.529. The number of hydrogen-bond donors (Lipinski definition) is 1. The number of thiophene rings is 1. The van der Waals surface area contributed by atoms with Crippen molar-refractivity contribution in [2.24, 2.45) is 5.92 Å². The molecule has 0 spiro atoms. The van der Waals surface area contributed by atoms with E-state index in [-0.39, 0.29) is 36.3 Å². The Labute approximate surface area is 153 Å². The predicted molar refractivity (Wildman–Crippen MR) is 97.3 cm³/mol. The van der Waals surface area contributed by atoms with Crippen LogP contribution in [0.2, 0.25) is 0 Å². The summed E-state index contributed by atoms with van der Waals surface area (Å²) in [5, 5.41) is 1.74. The van der Waals surface area contributed by atoms with Gasteiger partial charge in [-0.05, 0) is 31.2 Å². The Morgan fingerprint density at radius 2 is 2.04 bits per heavy atom. The van der Waals surface area contributed by atoms with Crippen molar-refractivity contribution >= 4 is 33.4 Å². The molecule has 0 unspecified atom stereocenters. The number of likely N-dealkylation sites (tertiary alicyclic amines) is 1. The number of aromatic nitrogens is 2. The molecule has 0 radical (unpaired) electrons. The van der Waals surface area contributed by atoms with Crippen LogP contribution in [-0.4, -0.2) is 46.0 Å². The zero-order chi connectivity index (χ0) is 18.7. The first-order valence-corrected chi connectivity index (χ1v) is 9.54. The summed E-state index contributed by atoms with van der Waals surface area (Å²) >= 11 is 1.26. The summed E-state index contributed by atoms with van der Waals surface area (Å²) in [6.07, 6.45) is 1.22. The number of H-pyrrole nitrogens is 1. The Balaban J connectivity index is 1.59. The van der Waals surface area contributed by atoms with Gasteiger partial charge in [0.1, 0.15) is 4.70 Å². The molecule has 2 aromatic heterocycles. The molecular formula is C17H21N3O5S. The molecule has 1 aliphatic heterocycles. The van der Waals surface area contributed by atoms with E-state index in [1.165, 1.54) is 11.3 Å². The summed E-state index contributed by atoms with van der Waals surface area (Å²) in [7, 11) is 0. The first-order valence-electron chi connectivity index (χ1n) is 8.66. The molecule has 0 saturated carbocycles. The minimum atomic E-state index is -0.505. The molecule has 1 amide bonds. The second kappa shape index (κ2) is 7.86. The molecule has 26 heavy (non-hydrogen) atoms. The molecule has 1 saturated heterocycles. The smallest absolute Gasteiger partial charge is 0.328 e. The van der Waals surface area contributed by atoms with E-state index in [9.17, 15) is 19.2 Å². The van der Waals surface area contributed by atoms with Crippen molar-refractivity contribution in [3.63, 3.8) is 0 Å². The average molecular weight is 379 g/mol. The van der Waals surface area contributed by atoms with Crippen LogP contribution in [0.15, 0.2) is 21.0 Å². The minimum absolute atomic E-state index is 0.0403. The van der Waals surface area contributed by atoms with Crippen molar-refractivity contribution in [3.05, 3.63) is 32.3 Å². The van der Waals surface area contributed by atoms with Crippen LogP contribution in [0.3, 0.4) is 0 Å². The molecule has 0 bridgehead atoms. The van der Waals surface area contributed by atoms with Crippen molar-refractivity contribution in [1.82, 2.24) is 14.5 Å². The van der Waals surface area contributed by atoms with Gasteiger partial charge in [0.2, 0.25) is 5.91 Å². The molecule has 9 heteroatoms. The minimum Gasteiger partial charge on any atom is -0.466 e. The summed E-state index contributed by atoms with van der Waals surface area (Å²) in [6.45, 7) is 3.14. The quantitative estimate of drug-likeness (QED) is 0.779. The second-order valence-electron chi connectivity index (χ2n) is 6.21. The van der Waals surface area contributed by atoms with Crippen LogP contribution in [0.25, 0.3) is 10.2 Å². The van der Waals surface area contributed by atoms with Crippen LogP contribution >= 0.6 is 11.3 Å². The number of nitrogens with zero attached hydrogens (tertiary/aromatic N) is 2. The van der Waals surface area contributed by atoms with Gasteiger partial charge in [-0.3, -0.25) is 19.0 Å². The monoisotopic (exact) mass is 379 g/mol. The summed E-state index contributed by atoms with van der Waals surface area (Å²) in [4.78, 5) is 52.9. The number of fused-ring (bicyclic) bond motifs is 1. The maximum absolute atomic E-state index is 12.4. The van der Waals surface area contributed by atoms with Gasteiger partial charge < -0.3 is 14.6 Å². The third-order valence-corrected chi connectivity index (χ3v) is 5.51. The summed E-state index contributed by atoms with van der Waals surface area (Å²) < 4.78 is 6.57. The summed E-state index contributed by atoms with van der Waals surface area (Å²) in [6, 6.07) is 1.69. The highest BCUT2D eigenvalue weighted by Gasteiger charge is 2.28. The van der Waals surface area contributed by atoms with Gasteiger partial charge in [-0.25, -0.2) is 4.79 Å². The average Bonchev–Trinajstić information content (AvgIpc) is 3.10.